The Hall–Kier alpha value is -4.28. The van der Waals surface area contributed by atoms with Crippen molar-refractivity contribution in [3.63, 3.8) is 0 Å². The number of phenolic OH excluding ortho intramolecular Hbond substituents is 1. The van der Waals surface area contributed by atoms with E-state index in [0.29, 0.717) is 24.3 Å². The summed E-state index contributed by atoms with van der Waals surface area (Å²) in [5.74, 6) is -1.35. The number of benzene rings is 2. The van der Waals surface area contributed by atoms with Gasteiger partial charge in [0, 0.05) is 23.7 Å². The van der Waals surface area contributed by atoms with Gasteiger partial charge in [0.1, 0.15) is 29.2 Å². The van der Waals surface area contributed by atoms with Crippen molar-refractivity contribution in [2.45, 2.75) is 76.6 Å². The van der Waals surface area contributed by atoms with E-state index in [1.54, 1.807) is 63.2 Å². The van der Waals surface area contributed by atoms with Crippen LogP contribution in [0, 0.1) is 0 Å². The molecule has 40 heavy (non-hydrogen) atoms. The number of methoxy groups -OCH3 is 1. The van der Waals surface area contributed by atoms with Crippen LogP contribution in [0.4, 0.5) is 10.5 Å². The molecule has 5 N–H and O–H groups in total. The average molecular weight is 555 g/mol. The minimum absolute atomic E-state index is 0.0930. The molecule has 0 bridgehead atoms. The highest BCUT2D eigenvalue weighted by molar-refractivity contribution is 5.99. The first-order chi connectivity index (χ1) is 18.9. The highest BCUT2D eigenvalue weighted by atomic mass is 16.6. The van der Waals surface area contributed by atoms with Gasteiger partial charge in [0.25, 0.3) is 5.91 Å². The van der Waals surface area contributed by atoms with Gasteiger partial charge in [-0.25, -0.2) is 4.79 Å². The summed E-state index contributed by atoms with van der Waals surface area (Å²) in [5.41, 5.74) is 5.21. The maximum absolute atomic E-state index is 14.2. The van der Waals surface area contributed by atoms with Crippen LogP contribution >= 0.6 is 0 Å². The zero-order valence-electron chi connectivity index (χ0n) is 23.3. The van der Waals surface area contributed by atoms with Gasteiger partial charge in [0.15, 0.2) is 0 Å². The van der Waals surface area contributed by atoms with Crippen LogP contribution in [0.1, 0.15) is 64.5 Å². The molecule has 2 aromatic carbocycles. The van der Waals surface area contributed by atoms with Gasteiger partial charge in [0.05, 0.1) is 7.11 Å². The summed E-state index contributed by atoms with van der Waals surface area (Å²) >= 11 is 0. The van der Waals surface area contributed by atoms with Crippen molar-refractivity contribution in [2.75, 3.05) is 12.4 Å². The van der Waals surface area contributed by atoms with Crippen LogP contribution in [-0.2, 0) is 19.1 Å². The second-order valence-electron chi connectivity index (χ2n) is 10.7. The number of nitrogens with one attached hydrogen (secondary N) is 2. The Morgan fingerprint density at radius 1 is 1.07 bits per heavy atom. The van der Waals surface area contributed by atoms with Crippen LogP contribution in [0.5, 0.6) is 11.5 Å². The van der Waals surface area contributed by atoms with Crippen LogP contribution in [0.15, 0.2) is 48.5 Å². The SMILES string of the molecule is COc1ccc(NC(=O)C(c2ccccc2O)N(C(=O)C(CCC(N)=O)NC(=O)OC(C)(C)C)C2CCC2)cc1. The third kappa shape index (κ3) is 8.11. The third-order valence-electron chi connectivity index (χ3n) is 6.51. The number of rotatable bonds is 11. The van der Waals surface area contributed by atoms with Gasteiger partial charge in [-0.05, 0) is 76.8 Å². The van der Waals surface area contributed by atoms with E-state index in [0.717, 1.165) is 6.42 Å². The highest BCUT2D eigenvalue weighted by Crippen LogP contribution is 2.37. The predicted molar refractivity (Wildman–Crippen MR) is 149 cm³/mol. The number of nitrogens with two attached hydrogens (primary N) is 1. The summed E-state index contributed by atoms with van der Waals surface area (Å²) in [5, 5.41) is 16.2. The lowest BCUT2D eigenvalue weighted by atomic mass is 9.87. The minimum atomic E-state index is -1.24. The third-order valence-corrected chi connectivity index (χ3v) is 6.51. The van der Waals surface area contributed by atoms with Crippen LogP contribution in [0.25, 0.3) is 0 Å². The van der Waals surface area contributed by atoms with E-state index in [9.17, 15) is 24.3 Å². The number of alkyl carbamates (subject to hydrolysis) is 1. The summed E-state index contributed by atoms with van der Waals surface area (Å²) < 4.78 is 10.5. The second-order valence-corrected chi connectivity index (χ2v) is 10.7. The maximum Gasteiger partial charge on any atom is 0.408 e. The molecular weight excluding hydrogens is 516 g/mol. The van der Waals surface area contributed by atoms with Gasteiger partial charge >= 0.3 is 6.09 Å². The standard InChI is InChI=1S/C29H38N4O7/c1-29(2,3)40-28(38)32-22(16-17-24(30)35)27(37)33(19-8-7-9-19)25(21-10-5-6-11-23(21)34)26(36)31-18-12-14-20(39-4)15-13-18/h5-6,10-15,19,22,25,34H,7-9,16-17H2,1-4H3,(H2,30,35)(H,31,36)(H,32,38). The number of carbonyl (C=O) groups is 4. The lowest BCUT2D eigenvalue weighted by molar-refractivity contribution is -0.146. The lowest BCUT2D eigenvalue weighted by Gasteiger charge is -2.43. The van der Waals surface area contributed by atoms with Crippen LogP contribution in [-0.4, -0.2) is 58.6 Å². The summed E-state index contributed by atoms with van der Waals surface area (Å²) in [6.45, 7) is 5.06. The predicted octanol–water partition coefficient (Wildman–Crippen LogP) is 3.62. The minimum Gasteiger partial charge on any atom is -0.508 e. The number of nitrogens with zero attached hydrogens (tertiary/aromatic N) is 1. The maximum atomic E-state index is 14.2. The molecule has 1 aliphatic carbocycles. The Bertz CT molecular complexity index is 1210. The number of anilines is 1. The molecule has 2 atom stereocenters. The number of phenols is 1. The van der Waals surface area contributed by atoms with Gasteiger partial charge in [-0.1, -0.05) is 18.2 Å². The fourth-order valence-electron chi connectivity index (χ4n) is 4.38. The van der Waals surface area contributed by atoms with E-state index < -0.39 is 41.5 Å². The second kappa shape index (κ2) is 13.2. The van der Waals surface area contributed by atoms with E-state index in [1.165, 1.54) is 18.1 Å². The van der Waals surface area contributed by atoms with Gasteiger partial charge < -0.3 is 35.8 Å². The number of carbonyl (C=O) groups excluding carboxylic acids is 4. The first kappa shape index (κ1) is 30.3. The van der Waals surface area contributed by atoms with Crippen molar-refractivity contribution in [2.24, 2.45) is 5.73 Å². The fourth-order valence-corrected chi connectivity index (χ4v) is 4.38. The summed E-state index contributed by atoms with van der Waals surface area (Å²) in [4.78, 5) is 53.7. The molecule has 4 amide bonds. The monoisotopic (exact) mass is 554 g/mol. The quantitative estimate of drug-likeness (QED) is 0.330. The van der Waals surface area contributed by atoms with E-state index in [-0.39, 0.29) is 30.2 Å². The number of aromatic hydroxyl groups is 1. The van der Waals surface area contributed by atoms with Gasteiger partial charge in [-0.3, -0.25) is 14.4 Å². The van der Waals surface area contributed by atoms with Crippen molar-refractivity contribution in [1.82, 2.24) is 10.2 Å². The van der Waals surface area contributed by atoms with E-state index in [1.807, 2.05) is 0 Å². The molecule has 0 saturated heterocycles. The smallest absolute Gasteiger partial charge is 0.408 e. The average Bonchev–Trinajstić information content (AvgIpc) is 2.85. The molecule has 2 aromatic rings. The molecule has 0 heterocycles. The van der Waals surface area contributed by atoms with Crippen LogP contribution < -0.4 is 21.1 Å². The van der Waals surface area contributed by atoms with E-state index in [2.05, 4.69) is 10.6 Å². The zero-order chi connectivity index (χ0) is 29.4. The fraction of sp³-hybridized carbons (Fsp3) is 0.448. The van der Waals surface area contributed by atoms with Gasteiger partial charge in [0.2, 0.25) is 11.8 Å². The Labute approximate surface area is 234 Å². The lowest BCUT2D eigenvalue weighted by Crippen LogP contribution is -2.57. The summed E-state index contributed by atoms with van der Waals surface area (Å²) in [7, 11) is 1.53. The molecule has 0 aromatic heterocycles. The summed E-state index contributed by atoms with van der Waals surface area (Å²) in [6, 6.07) is 10.2. The van der Waals surface area contributed by atoms with Crippen molar-refractivity contribution < 1.29 is 33.8 Å². The highest BCUT2D eigenvalue weighted by Gasteiger charge is 2.42. The number of ether oxygens (including phenoxy) is 2. The molecule has 11 nitrogen and oxygen atoms in total. The van der Waals surface area contributed by atoms with Gasteiger partial charge in [-0.15, -0.1) is 0 Å². The first-order valence-corrected chi connectivity index (χ1v) is 13.2. The van der Waals surface area contributed by atoms with Crippen molar-refractivity contribution in [3.05, 3.63) is 54.1 Å². The number of para-hydroxylation sites is 1. The van der Waals surface area contributed by atoms with E-state index in [4.69, 9.17) is 15.2 Å². The van der Waals surface area contributed by atoms with Crippen LogP contribution in [0.3, 0.4) is 0 Å². The molecule has 0 spiro atoms. The van der Waals surface area contributed by atoms with E-state index >= 15 is 0 Å². The Morgan fingerprint density at radius 2 is 1.73 bits per heavy atom. The molecule has 1 fully saturated rings. The van der Waals surface area contributed by atoms with Crippen molar-refractivity contribution >= 4 is 29.5 Å². The number of hydrogen-bond acceptors (Lipinski definition) is 7. The number of amides is 4. The largest absolute Gasteiger partial charge is 0.508 e. The molecule has 11 heteroatoms. The van der Waals surface area contributed by atoms with Crippen molar-refractivity contribution in [1.29, 1.82) is 0 Å². The zero-order valence-corrected chi connectivity index (χ0v) is 23.3. The molecule has 0 radical (unpaired) electrons. The topological polar surface area (TPSA) is 160 Å². The normalized spacial score (nSPS) is 14.7. The van der Waals surface area contributed by atoms with Gasteiger partial charge in [-0.2, -0.15) is 0 Å². The molecule has 216 valence electrons. The summed E-state index contributed by atoms with van der Waals surface area (Å²) in [6.07, 6.45) is 0.980. The Balaban J connectivity index is 2.02. The molecule has 2 unspecified atom stereocenters. The molecule has 3 rings (SSSR count). The van der Waals surface area contributed by atoms with Crippen LogP contribution in [0.2, 0.25) is 0 Å². The Kier molecular flexibility index (Phi) is 9.98. The van der Waals surface area contributed by atoms with Crippen molar-refractivity contribution in [3.8, 4) is 11.5 Å². The number of hydrogen-bond donors (Lipinski definition) is 4. The molecule has 1 aliphatic rings. The molecule has 1 saturated carbocycles. The molecule has 0 aliphatic heterocycles. The molecular formula is C29H38N4O7. The number of primary amides is 1. The Morgan fingerprint density at radius 3 is 2.25 bits per heavy atom. The first-order valence-electron chi connectivity index (χ1n) is 13.2.